The second-order valence-electron chi connectivity index (χ2n) is 4.19. The van der Waals surface area contributed by atoms with Crippen LogP contribution in [0.15, 0.2) is 36.4 Å². The number of halogens is 4. The van der Waals surface area contributed by atoms with Gasteiger partial charge in [-0.05, 0) is 35.9 Å². The van der Waals surface area contributed by atoms with Crippen molar-refractivity contribution < 1.29 is 22.3 Å². The number of alkyl halides is 3. The Morgan fingerprint density at radius 2 is 1.75 bits per heavy atom. The number of nitrogens with two attached hydrogens (primary N) is 1. The third kappa shape index (κ3) is 2.84. The van der Waals surface area contributed by atoms with Crippen LogP contribution in [0.3, 0.4) is 0 Å². The molecule has 0 aromatic heterocycles. The maximum Gasteiger partial charge on any atom is 0.416 e. The quantitative estimate of drug-likeness (QED) is 0.666. The molecular weight excluding hydrogens is 274 g/mol. The molecule has 0 aliphatic heterocycles. The summed E-state index contributed by atoms with van der Waals surface area (Å²) in [6, 6.07) is 6.88. The Balaban J connectivity index is 2.55. The molecular formula is C14H11F4NO. The molecule has 0 saturated carbocycles. The molecule has 2 aromatic carbocycles. The van der Waals surface area contributed by atoms with Crippen LogP contribution in [-0.4, -0.2) is 7.11 Å². The van der Waals surface area contributed by atoms with Gasteiger partial charge in [-0.25, -0.2) is 4.39 Å². The Hall–Kier alpha value is -2.24. The third-order valence-electron chi connectivity index (χ3n) is 2.77. The van der Waals surface area contributed by atoms with Gasteiger partial charge in [-0.15, -0.1) is 0 Å². The first kappa shape index (κ1) is 14.2. The van der Waals surface area contributed by atoms with Gasteiger partial charge in [0.1, 0.15) is 11.6 Å². The molecule has 2 nitrogen and oxygen atoms in total. The predicted molar refractivity (Wildman–Crippen MR) is 67.8 cm³/mol. The second-order valence-corrected chi connectivity index (χ2v) is 4.19. The maximum absolute atomic E-state index is 13.9. The summed E-state index contributed by atoms with van der Waals surface area (Å²) < 4.78 is 56.9. The summed E-state index contributed by atoms with van der Waals surface area (Å²) in [4.78, 5) is 0. The first-order valence-electron chi connectivity index (χ1n) is 5.63. The van der Waals surface area contributed by atoms with Crippen LogP contribution in [0.2, 0.25) is 0 Å². The van der Waals surface area contributed by atoms with Gasteiger partial charge in [-0.2, -0.15) is 13.2 Å². The lowest BCUT2D eigenvalue weighted by molar-refractivity contribution is -0.137. The van der Waals surface area contributed by atoms with Gasteiger partial charge in [0.25, 0.3) is 0 Å². The van der Waals surface area contributed by atoms with Crippen LogP contribution in [0, 0.1) is 5.82 Å². The van der Waals surface area contributed by atoms with E-state index in [-0.39, 0.29) is 22.6 Å². The van der Waals surface area contributed by atoms with E-state index in [0.29, 0.717) is 0 Å². The van der Waals surface area contributed by atoms with Crippen LogP contribution in [-0.2, 0) is 6.18 Å². The van der Waals surface area contributed by atoms with Crippen LogP contribution in [0.4, 0.5) is 23.2 Å². The standard InChI is InChI=1S/C14H11F4NO/c1-20-11-2-3-12(13(15)7-11)8-4-9(14(16,17)18)6-10(19)5-8/h2-7H,19H2,1H3. The molecule has 2 rings (SSSR count). The van der Waals surface area contributed by atoms with Crippen molar-refractivity contribution in [2.45, 2.75) is 6.18 Å². The van der Waals surface area contributed by atoms with E-state index < -0.39 is 17.6 Å². The number of hydrogen-bond acceptors (Lipinski definition) is 2. The van der Waals surface area contributed by atoms with Gasteiger partial charge in [0.15, 0.2) is 0 Å². The summed E-state index contributed by atoms with van der Waals surface area (Å²) in [5.41, 5.74) is 4.56. The van der Waals surface area contributed by atoms with E-state index >= 15 is 0 Å². The van der Waals surface area contributed by atoms with E-state index in [4.69, 9.17) is 10.5 Å². The van der Waals surface area contributed by atoms with Crippen LogP contribution < -0.4 is 10.5 Å². The fourth-order valence-corrected chi connectivity index (χ4v) is 1.83. The van der Waals surface area contributed by atoms with Gasteiger partial charge < -0.3 is 10.5 Å². The molecule has 0 unspecified atom stereocenters. The number of benzene rings is 2. The zero-order valence-corrected chi connectivity index (χ0v) is 10.5. The molecule has 6 heteroatoms. The minimum atomic E-state index is -4.53. The first-order valence-corrected chi connectivity index (χ1v) is 5.63. The summed E-state index contributed by atoms with van der Waals surface area (Å²) in [5, 5.41) is 0. The van der Waals surface area contributed by atoms with Gasteiger partial charge in [-0.1, -0.05) is 0 Å². The monoisotopic (exact) mass is 285 g/mol. The topological polar surface area (TPSA) is 35.2 Å². The molecule has 0 fully saturated rings. The fourth-order valence-electron chi connectivity index (χ4n) is 1.83. The Kier molecular flexibility index (Phi) is 3.57. The Morgan fingerprint density at radius 3 is 2.30 bits per heavy atom. The van der Waals surface area contributed by atoms with Gasteiger partial charge in [0, 0.05) is 17.3 Å². The van der Waals surface area contributed by atoms with E-state index in [2.05, 4.69) is 0 Å². The molecule has 2 N–H and O–H groups in total. The lowest BCUT2D eigenvalue weighted by atomic mass is 10.0. The van der Waals surface area contributed by atoms with Gasteiger partial charge in [0.05, 0.1) is 12.7 Å². The smallest absolute Gasteiger partial charge is 0.416 e. The molecule has 0 aliphatic carbocycles. The Labute approximate surface area is 112 Å². The van der Waals surface area contributed by atoms with Crippen molar-refractivity contribution in [2.75, 3.05) is 12.8 Å². The van der Waals surface area contributed by atoms with E-state index in [1.807, 2.05) is 0 Å². The van der Waals surface area contributed by atoms with Crippen molar-refractivity contribution in [1.29, 1.82) is 0 Å². The predicted octanol–water partition coefficient (Wildman–Crippen LogP) is 4.10. The molecule has 20 heavy (non-hydrogen) atoms. The van der Waals surface area contributed by atoms with Crippen molar-refractivity contribution in [1.82, 2.24) is 0 Å². The average molecular weight is 285 g/mol. The highest BCUT2D eigenvalue weighted by molar-refractivity contribution is 5.70. The number of ether oxygens (including phenoxy) is 1. The van der Waals surface area contributed by atoms with E-state index in [1.54, 1.807) is 0 Å². The van der Waals surface area contributed by atoms with Crippen molar-refractivity contribution in [3.8, 4) is 16.9 Å². The molecule has 0 spiro atoms. The highest BCUT2D eigenvalue weighted by Crippen LogP contribution is 2.35. The summed E-state index contributed by atoms with van der Waals surface area (Å²) >= 11 is 0. The van der Waals surface area contributed by atoms with Crippen LogP contribution in [0.1, 0.15) is 5.56 Å². The first-order chi connectivity index (χ1) is 9.31. The summed E-state index contributed by atoms with van der Waals surface area (Å²) in [7, 11) is 1.37. The minimum absolute atomic E-state index is 0.0311. The second kappa shape index (κ2) is 5.03. The van der Waals surface area contributed by atoms with Crippen molar-refractivity contribution in [2.24, 2.45) is 0 Å². The number of hydrogen-bond donors (Lipinski definition) is 1. The third-order valence-corrected chi connectivity index (χ3v) is 2.77. The van der Waals surface area contributed by atoms with Gasteiger partial charge >= 0.3 is 6.18 Å². The zero-order chi connectivity index (χ0) is 14.9. The van der Waals surface area contributed by atoms with Crippen LogP contribution >= 0.6 is 0 Å². The number of rotatable bonds is 2. The van der Waals surface area contributed by atoms with Crippen LogP contribution in [0.25, 0.3) is 11.1 Å². The van der Waals surface area contributed by atoms with E-state index in [9.17, 15) is 17.6 Å². The molecule has 0 bridgehead atoms. The molecule has 0 amide bonds. The summed E-state index contributed by atoms with van der Waals surface area (Å²) in [6.07, 6.45) is -4.53. The Morgan fingerprint density at radius 1 is 1.05 bits per heavy atom. The molecule has 0 heterocycles. The minimum Gasteiger partial charge on any atom is -0.497 e. The van der Waals surface area contributed by atoms with E-state index in [1.165, 1.54) is 25.3 Å². The summed E-state index contributed by atoms with van der Waals surface area (Å²) in [6.45, 7) is 0. The van der Waals surface area contributed by atoms with Crippen molar-refractivity contribution >= 4 is 5.69 Å². The van der Waals surface area contributed by atoms with Gasteiger partial charge in [-0.3, -0.25) is 0 Å². The van der Waals surface area contributed by atoms with Gasteiger partial charge in [0.2, 0.25) is 0 Å². The number of anilines is 1. The highest BCUT2D eigenvalue weighted by Gasteiger charge is 2.31. The lowest BCUT2D eigenvalue weighted by Gasteiger charge is -2.11. The number of methoxy groups -OCH3 is 1. The fraction of sp³-hybridized carbons (Fsp3) is 0.143. The van der Waals surface area contributed by atoms with Crippen molar-refractivity contribution in [3.63, 3.8) is 0 Å². The normalized spacial score (nSPS) is 11.4. The zero-order valence-electron chi connectivity index (χ0n) is 10.5. The largest absolute Gasteiger partial charge is 0.497 e. The maximum atomic E-state index is 13.9. The molecule has 0 aliphatic rings. The molecule has 0 atom stereocenters. The average Bonchev–Trinajstić information content (AvgIpc) is 2.36. The molecule has 2 aromatic rings. The molecule has 0 radical (unpaired) electrons. The SMILES string of the molecule is COc1ccc(-c2cc(N)cc(C(F)(F)F)c2)c(F)c1. The highest BCUT2D eigenvalue weighted by atomic mass is 19.4. The Bertz CT molecular complexity index is 638. The lowest BCUT2D eigenvalue weighted by Crippen LogP contribution is -2.06. The molecule has 0 saturated heterocycles. The summed E-state index contributed by atoms with van der Waals surface area (Å²) in [5.74, 6) is -0.394. The van der Waals surface area contributed by atoms with Crippen molar-refractivity contribution in [3.05, 3.63) is 47.8 Å². The van der Waals surface area contributed by atoms with E-state index in [0.717, 1.165) is 18.2 Å². The number of nitrogen functional groups attached to an aromatic ring is 1. The molecule has 106 valence electrons. The van der Waals surface area contributed by atoms with Crippen LogP contribution in [0.5, 0.6) is 5.75 Å².